The summed E-state index contributed by atoms with van der Waals surface area (Å²) in [5.41, 5.74) is 1.96. The molecule has 0 saturated heterocycles. The summed E-state index contributed by atoms with van der Waals surface area (Å²) in [4.78, 5) is 1.33. The molecule has 2 aromatic heterocycles. The second-order valence-electron chi connectivity index (χ2n) is 4.29. The summed E-state index contributed by atoms with van der Waals surface area (Å²) >= 11 is 0. The van der Waals surface area contributed by atoms with E-state index in [2.05, 4.69) is 26.6 Å². The quantitative estimate of drug-likeness (QED) is 0.696. The van der Waals surface area contributed by atoms with Crippen LogP contribution in [-0.4, -0.2) is 30.0 Å². The molecule has 0 radical (unpaired) electrons. The first-order chi connectivity index (χ1) is 9.70. The Balaban J connectivity index is 2.10. The van der Waals surface area contributed by atoms with Crippen LogP contribution in [0.15, 0.2) is 30.3 Å². The first-order valence-electron chi connectivity index (χ1n) is 6.00. The van der Waals surface area contributed by atoms with E-state index in [0.29, 0.717) is 22.9 Å². The van der Waals surface area contributed by atoms with E-state index in [9.17, 15) is 5.26 Å². The van der Waals surface area contributed by atoms with Gasteiger partial charge in [-0.2, -0.15) is 10.4 Å². The Bertz CT molecular complexity index is 792. The van der Waals surface area contributed by atoms with Crippen molar-refractivity contribution in [3.05, 3.63) is 41.6 Å². The van der Waals surface area contributed by atoms with Gasteiger partial charge in [-0.15, -0.1) is 15.0 Å². The molecule has 98 valence electrons. The molecule has 0 N–H and O–H groups in total. The Labute approximate surface area is 115 Å². The molecule has 0 spiro atoms. The number of hydrogen-bond acceptors (Lipinski definition) is 5. The molecule has 0 saturated carbocycles. The smallest absolute Gasteiger partial charge is 0.205 e. The molecule has 0 amide bonds. The monoisotopic (exact) mass is 265 g/mol. The van der Waals surface area contributed by atoms with E-state index in [4.69, 9.17) is 0 Å². The van der Waals surface area contributed by atoms with E-state index in [1.54, 1.807) is 18.7 Å². The highest BCUT2D eigenvalue weighted by Crippen LogP contribution is 2.17. The summed E-state index contributed by atoms with van der Waals surface area (Å²) in [5, 5.41) is 25.8. The first-order valence-corrected chi connectivity index (χ1v) is 6.00. The number of nitriles is 1. The number of aromatic nitrogens is 6. The summed E-state index contributed by atoms with van der Waals surface area (Å²) < 4.78 is 1.57. The van der Waals surface area contributed by atoms with Crippen molar-refractivity contribution in [2.75, 3.05) is 0 Å². The predicted molar refractivity (Wildman–Crippen MR) is 70.8 cm³/mol. The minimum atomic E-state index is 0.449. The number of hydrogen-bond donors (Lipinski definition) is 0. The van der Waals surface area contributed by atoms with Gasteiger partial charge in [0.1, 0.15) is 11.6 Å². The van der Waals surface area contributed by atoms with Crippen LogP contribution in [-0.2, 0) is 7.05 Å². The van der Waals surface area contributed by atoms with Crippen molar-refractivity contribution in [2.45, 2.75) is 6.92 Å². The van der Waals surface area contributed by atoms with E-state index in [-0.39, 0.29) is 0 Å². The predicted octanol–water partition coefficient (Wildman–Crippen LogP) is 1.24. The van der Waals surface area contributed by atoms with Gasteiger partial charge in [0.15, 0.2) is 5.82 Å². The fraction of sp³-hybridized carbons (Fsp3) is 0.154. The van der Waals surface area contributed by atoms with Gasteiger partial charge in [0.05, 0.1) is 5.69 Å². The van der Waals surface area contributed by atoms with E-state index in [1.807, 2.05) is 30.3 Å². The molecule has 7 heteroatoms. The Morgan fingerprint density at radius 2 is 1.90 bits per heavy atom. The summed E-state index contributed by atoms with van der Waals surface area (Å²) in [5.74, 6) is 1.02. The molecule has 3 aromatic rings. The van der Waals surface area contributed by atoms with Crippen LogP contribution in [0.1, 0.15) is 11.3 Å². The average molecular weight is 265 g/mol. The molecule has 0 unspecified atom stereocenters. The summed E-state index contributed by atoms with van der Waals surface area (Å²) in [6, 6.07) is 11.7. The van der Waals surface area contributed by atoms with Crippen LogP contribution in [0.5, 0.6) is 0 Å². The van der Waals surface area contributed by atoms with Crippen LogP contribution in [0, 0.1) is 18.3 Å². The molecule has 0 aliphatic carbocycles. The lowest BCUT2D eigenvalue weighted by atomic mass is 10.2. The van der Waals surface area contributed by atoms with Gasteiger partial charge in [-0.25, -0.2) is 4.68 Å². The minimum absolute atomic E-state index is 0.449. The summed E-state index contributed by atoms with van der Waals surface area (Å²) in [6.07, 6.45) is 0. The number of nitrogens with zero attached hydrogens (tertiary/aromatic N) is 7. The van der Waals surface area contributed by atoms with Gasteiger partial charge in [-0.3, -0.25) is 0 Å². The molecule has 20 heavy (non-hydrogen) atoms. The lowest BCUT2D eigenvalue weighted by molar-refractivity contribution is 0.632. The zero-order valence-electron chi connectivity index (χ0n) is 11.0. The normalized spacial score (nSPS) is 10.4. The Kier molecular flexibility index (Phi) is 2.76. The first kappa shape index (κ1) is 12.0. The van der Waals surface area contributed by atoms with Crippen molar-refractivity contribution in [3.63, 3.8) is 0 Å². The molecule has 2 heterocycles. The van der Waals surface area contributed by atoms with Gasteiger partial charge in [0.2, 0.25) is 5.82 Å². The standard InChI is InChI=1S/C13H11N7/c1-9-11(8-14)13(19(2)16-9)20-17-12(15-18-20)10-6-4-3-5-7-10/h3-7H,1-2H3. The second-order valence-corrected chi connectivity index (χ2v) is 4.29. The molecule has 0 aliphatic rings. The molecule has 0 bridgehead atoms. The van der Waals surface area contributed by atoms with Crippen LogP contribution in [0.4, 0.5) is 0 Å². The number of benzene rings is 1. The van der Waals surface area contributed by atoms with Crippen LogP contribution in [0.25, 0.3) is 17.2 Å². The molecule has 1 aromatic carbocycles. The van der Waals surface area contributed by atoms with Crippen molar-refractivity contribution >= 4 is 0 Å². The summed E-state index contributed by atoms with van der Waals surface area (Å²) in [6.45, 7) is 1.77. The van der Waals surface area contributed by atoms with Gasteiger partial charge in [-0.1, -0.05) is 30.3 Å². The fourth-order valence-corrected chi connectivity index (χ4v) is 2.01. The molecule has 3 rings (SSSR count). The van der Waals surface area contributed by atoms with Crippen molar-refractivity contribution in [3.8, 4) is 23.3 Å². The summed E-state index contributed by atoms with van der Waals surface area (Å²) in [7, 11) is 1.74. The van der Waals surface area contributed by atoms with Crippen LogP contribution in [0.3, 0.4) is 0 Å². The average Bonchev–Trinajstić information content (AvgIpc) is 3.03. The molecular formula is C13H11N7. The van der Waals surface area contributed by atoms with Crippen molar-refractivity contribution in [1.29, 1.82) is 5.26 Å². The van der Waals surface area contributed by atoms with Gasteiger partial charge in [-0.05, 0) is 12.1 Å². The Hall–Kier alpha value is -3.01. The highest BCUT2D eigenvalue weighted by Gasteiger charge is 2.17. The maximum absolute atomic E-state index is 9.21. The number of rotatable bonds is 2. The number of tetrazole rings is 1. The van der Waals surface area contributed by atoms with Crippen molar-refractivity contribution in [2.24, 2.45) is 7.05 Å². The van der Waals surface area contributed by atoms with Crippen molar-refractivity contribution in [1.82, 2.24) is 30.0 Å². The minimum Gasteiger partial charge on any atom is -0.248 e. The third-order valence-corrected chi connectivity index (χ3v) is 2.94. The highest BCUT2D eigenvalue weighted by molar-refractivity contribution is 5.54. The van der Waals surface area contributed by atoms with Gasteiger partial charge in [0.25, 0.3) is 0 Å². The van der Waals surface area contributed by atoms with Crippen LogP contribution in [0.2, 0.25) is 0 Å². The molecule has 0 aliphatic heterocycles. The zero-order valence-corrected chi connectivity index (χ0v) is 11.0. The lowest BCUT2D eigenvalue weighted by Gasteiger charge is -1.98. The Morgan fingerprint density at radius 1 is 1.15 bits per heavy atom. The van der Waals surface area contributed by atoms with E-state index in [1.165, 1.54) is 4.80 Å². The third kappa shape index (κ3) is 1.83. The molecule has 7 nitrogen and oxygen atoms in total. The zero-order chi connectivity index (χ0) is 14.1. The van der Waals surface area contributed by atoms with E-state index in [0.717, 1.165) is 5.56 Å². The van der Waals surface area contributed by atoms with Crippen LogP contribution < -0.4 is 0 Å². The van der Waals surface area contributed by atoms with Gasteiger partial charge >= 0.3 is 0 Å². The van der Waals surface area contributed by atoms with E-state index < -0.39 is 0 Å². The molecular weight excluding hydrogens is 254 g/mol. The van der Waals surface area contributed by atoms with E-state index >= 15 is 0 Å². The Morgan fingerprint density at radius 3 is 2.60 bits per heavy atom. The highest BCUT2D eigenvalue weighted by atomic mass is 15.6. The fourth-order valence-electron chi connectivity index (χ4n) is 2.01. The number of aryl methyl sites for hydroxylation is 2. The SMILES string of the molecule is Cc1nn(C)c(-n2nnc(-c3ccccc3)n2)c1C#N. The van der Waals surface area contributed by atoms with Gasteiger partial charge in [0, 0.05) is 12.6 Å². The largest absolute Gasteiger partial charge is 0.248 e. The third-order valence-electron chi connectivity index (χ3n) is 2.94. The maximum atomic E-state index is 9.21. The van der Waals surface area contributed by atoms with Gasteiger partial charge < -0.3 is 0 Å². The van der Waals surface area contributed by atoms with Crippen molar-refractivity contribution < 1.29 is 0 Å². The molecule has 0 atom stereocenters. The lowest BCUT2D eigenvalue weighted by Crippen LogP contribution is -2.07. The maximum Gasteiger partial charge on any atom is 0.205 e. The topological polar surface area (TPSA) is 85.2 Å². The van der Waals surface area contributed by atoms with Crippen LogP contribution >= 0.6 is 0 Å². The molecule has 0 fully saturated rings. The second kappa shape index (κ2) is 4.59.